The van der Waals surface area contributed by atoms with Crippen LogP contribution in [0.25, 0.3) is 0 Å². The summed E-state index contributed by atoms with van der Waals surface area (Å²) < 4.78 is 0. The van der Waals surface area contributed by atoms with Crippen molar-refractivity contribution in [2.45, 2.75) is 40.0 Å². The SMILES string of the molecule is CCC(=CC(=O)c1cccc(CC)c1)CC. The first kappa shape index (κ1) is 12.7. The topological polar surface area (TPSA) is 17.1 Å². The second-order valence-electron chi connectivity index (χ2n) is 3.93. The Hall–Kier alpha value is -1.37. The number of ketones is 1. The molecule has 1 rings (SSSR count). The van der Waals surface area contributed by atoms with Crippen molar-refractivity contribution in [1.29, 1.82) is 0 Å². The van der Waals surface area contributed by atoms with E-state index in [1.54, 1.807) is 6.08 Å². The minimum atomic E-state index is 0.133. The van der Waals surface area contributed by atoms with E-state index in [2.05, 4.69) is 26.8 Å². The van der Waals surface area contributed by atoms with Gasteiger partial charge in [0.05, 0.1) is 0 Å². The summed E-state index contributed by atoms with van der Waals surface area (Å²) >= 11 is 0. The second-order valence-corrected chi connectivity index (χ2v) is 3.93. The van der Waals surface area contributed by atoms with Crippen LogP contribution in [0.5, 0.6) is 0 Å². The first-order valence-electron chi connectivity index (χ1n) is 6.03. The summed E-state index contributed by atoms with van der Waals surface area (Å²) in [7, 11) is 0. The molecule has 0 aliphatic carbocycles. The van der Waals surface area contributed by atoms with E-state index in [1.165, 1.54) is 11.1 Å². The number of benzene rings is 1. The fraction of sp³-hybridized carbons (Fsp3) is 0.400. The van der Waals surface area contributed by atoms with Crippen molar-refractivity contribution < 1.29 is 4.79 Å². The maximum absolute atomic E-state index is 12.0. The van der Waals surface area contributed by atoms with Crippen LogP contribution in [0.3, 0.4) is 0 Å². The molecule has 0 aliphatic rings. The lowest BCUT2D eigenvalue weighted by Gasteiger charge is -2.02. The van der Waals surface area contributed by atoms with Gasteiger partial charge >= 0.3 is 0 Å². The Balaban J connectivity index is 2.91. The third kappa shape index (κ3) is 3.34. The lowest BCUT2D eigenvalue weighted by Crippen LogP contribution is -1.97. The predicted octanol–water partition coefficient (Wildman–Crippen LogP) is 4.18. The molecule has 0 unspecified atom stereocenters. The monoisotopic (exact) mass is 216 g/mol. The van der Waals surface area contributed by atoms with Gasteiger partial charge in [0.15, 0.2) is 5.78 Å². The van der Waals surface area contributed by atoms with Crippen molar-refractivity contribution in [2.24, 2.45) is 0 Å². The number of carbonyl (C=O) groups excluding carboxylic acids is 1. The van der Waals surface area contributed by atoms with Crippen LogP contribution in [0.4, 0.5) is 0 Å². The first-order valence-corrected chi connectivity index (χ1v) is 6.03. The standard InChI is InChI=1S/C15H20O/c1-4-12(5-2)11-15(16)14-9-7-8-13(6-3)10-14/h7-11H,4-6H2,1-3H3. The fourth-order valence-electron chi connectivity index (χ4n) is 1.67. The molecule has 0 fully saturated rings. The molecule has 0 heterocycles. The molecule has 1 aromatic rings. The summed E-state index contributed by atoms with van der Waals surface area (Å²) in [4.78, 5) is 12.0. The zero-order chi connectivity index (χ0) is 12.0. The molecule has 0 spiro atoms. The Morgan fingerprint density at radius 2 is 1.88 bits per heavy atom. The molecular weight excluding hydrogens is 196 g/mol. The van der Waals surface area contributed by atoms with E-state index < -0.39 is 0 Å². The summed E-state index contributed by atoms with van der Waals surface area (Å²) in [6.07, 6.45) is 4.67. The number of rotatable bonds is 5. The molecular formula is C15H20O. The molecule has 1 nitrogen and oxygen atoms in total. The number of carbonyl (C=O) groups is 1. The van der Waals surface area contributed by atoms with Gasteiger partial charge in [0.25, 0.3) is 0 Å². The van der Waals surface area contributed by atoms with E-state index in [1.807, 2.05) is 18.2 Å². The zero-order valence-corrected chi connectivity index (χ0v) is 10.4. The Morgan fingerprint density at radius 1 is 1.19 bits per heavy atom. The van der Waals surface area contributed by atoms with Crippen molar-refractivity contribution in [3.8, 4) is 0 Å². The van der Waals surface area contributed by atoms with Crippen molar-refractivity contribution >= 4 is 5.78 Å². The van der Waals surface area contributed by atoms with Gasteiger partial charge in [-0.2, -0.15) is 0 Å². The van der Waals surface area contributed by atoms with E-state index in [0.717, 1.165) is 24.8 Å². The largest absolute Gasteiger partial charge is 0.289 e. The van der Waals surface area contributed by atoms with Crippen molar-refractivity contribution in [1.82, 2.24) is 0 Å². The highest BCUT2D eigenvalue weighted by Crippen LogP contribution is 2.11. The van der Waals surface area contributed by atoms with Crippen molar-refractivity contribution in [2.75, 3.05) is 0 Å². The Labute approximate surface area is 98.2 Å². The van der Waals surface area contributed by atoms with Gasteiger partial charge in [-0.1, -0.05) is 44.5 Å². The quantitative estimate of drug-likeness (QED) is 0.533. The molecule has 0 aliphatic heterocycles. The van der Waals surface area contributed by atoms with Gasteiger partial charge in [-0.15, -0.1) is 0 Å². The predicted molar refractivity (Wildman–Crippen MR) is 68.8 cm³/mol. The molecule has 86 valence electrons. The minimum Gasteiger partial charge on any atom is -0.289 e. The molecule has 0 aromatic heterocycles. The van der Waals surface area contributed by atoms with Gasteiger partial charge in [-0.25, -0.2) is 0 Å². The second kappa shape index (κ2) is 6.26. The van der Waals surface area contributed by atoms with Crippen LogP contribution in [0.15, 0.2) is 35.9 Å². The van der Waals surface area contributed by atoms with Gasteiger partial charge in [0.2, 0.25) is 0 Å². The minimum absolute atomic E-state index is 0.133. The van der Waals surface area contributed by atoms with Crippen LogP contribution in [0, 0.1) is 0 Å². The van der Waals surface area contributed by atoms with Gasteiger partial charge in [0, 0.05) is 5.56 Å². The molecule has 0 N–H and O–H groups in total. The van der Waals surface area contributed by atoms with Crippen molar-refractivity contribution in [3.63, 3.8) is 0 Å². The van der Waals surface area contributed by atoms with Crippen LogP contribution in [0.1, 0.15) is 49.5 Å². The van der Waals surface area contributed by atoms with Crippen LogP contribution in [-0.2, 0) is 6.42 Å². The molecule has 0 radical (unpaired) electrons. The number of allylic oxidation sites excluding steroid dienone is 2. The average Bonchev–Trinajstić information content (AvgIpc) is 2.35. The molecule has 0 saturated heterocycles. The zero-order valence-electron chi connectivity index (χ0n) is 10.4. The summed E-state index contributed by atoms with van der Waals surface area (Å²) in [6, 6.07) is 7.89. The number of hydrogen-bond donors (Lipinski definition) is 0. The Kier molecular flexibility index (Phi) is 4.97. The highest BCUT2D eigenvalue weighted by molar-refractivity contribution is 6.05. The molecule has 0 atom stereocenters. The normalized spacial score (nSPS) is 9.94. The lowest BCUT2D eigenvalue weighted by atomic mass is 10.0. The van der Waals surface area contributed by atoms with E-state index in [4.69, 9.17) is 0 Å². The molecule has 1 heteroatoms. The molecule has 1 aromatic carbocycles. The third-order valence-corrected chi connectivity index (χ3v) is 2.86. The van der Waals surface area contributed by atoms with Gasteiger partial charge in [-0.3, -0.25) is 4.79 Å². The highest BCUT2D eigenvalue weighted by Gasteiger charge is 2.03. The highest BCUT2D eigenvalue weighted by atomic mass is 16.1. The molecule has 0 amide bonds. The van der Waals surface area contributed by atoms with Crippen molar-refractivity contribution in [3.05, 3.63) is 47.0 Å². The van der Waals surface area contributed by atoms with Crippen LogP contribution >= 0.6 is 0 Å². The van der Waals surface area contributed by atoms with E-state index in [0.29, 0.717) is 0 Å². The van der Waals surface area contributed by atoms with Crippen LogP contribution < -0.4 is 0 Å². The van der Waals surface area contributed by atoms with Crippen LogP contribution in [-0.4, -0.2) is 5.78 Å². The van der Waals surface area contributed by atoms with E-state index >= 15 is 0 Å². The van der Waals surface area contributed by atoms with E-state index in [-0.39, 0.29) is 5.78 Å². The Bertz CT molecular complexity index is 382. The first-order chi connectivity index (χ1) is 7.71. The van der Waals surface area contributed by atoms with E-state index in [9.17, 15) is 4.79 Å². The fourth-order valence-corrected chi connectivity index (χ4v) is 1.67. The van der Waals surface area contributed by atoms with Crippen LogP contribution in [0.2, 0.25) is 0 Å². The molecule has 16 heavy (non-hydrogen) atoms. The summed E-state index contributed by atoms with van der Waals surface area (Å²) in [6.45, 7) is 6.28. The third-order valence-electron chi connectivity index (χ3n) is 2.86. The van der Waals surface area contributed by atoms with Gasteiger partial charge < -0.3 is 0 Å². The smallest absolute Gasteiger partial charge is 0.185 e. The summed E-state index contributed by atoms with van der Waals surface area (Å²) in [5.74, 6) is 0.133. The van der Waals surface area contributed by atoms with Gasteiger partial charge in [-0.05, 0) is 37.0 Å². The number of aryl methyl sites for hydroxylation is 1. The average molecular weight is 216 g/mol. The summed E-state index contributed by atoms with van der Waals surface area (Å²) in [5.41, 5.74) is 3.24. The molecule has 0 bridgehead atoms. The number of hydrogen-bond acceptors (Lipinski definition) is 1. The summed E-state index contributed by atoms with van der Waals surface area (Å²) in [5, 5.41) is 0. The Morgan fingerprint density at radius 3 is 2.44 bits per heavy atom. The van der Waals surface area contributed by atoms with Gasteiger partial charge in [0.1, 0.15) is 0 Å². The molecule has 0 saturated carbocycles. The lowest BCUT2D eigenvalue weighted by molar-refractivity contribution is 0.104. The maximum Gasteiger partial charge on any atom is 0.185 e. The maximum atomic E-state index is 12.0.